The molecule has 0 saturated carbocycles. The molecule has 0 saturated heterocycles. The van der Waals surface area contributed by atoms with E-state index in [1.54, 1.807) is 7.11 Å². The van der Waals surface area contributed by atoms with Gasteiger partial charge in [0.15, 0.2) is 0 Å². The van der Waals surface area contributed by atoms with E-state index in [0.29, 0.717) is 6.54 Å². The highest BCUT2D eigenvalue weighted by atomic mass is 16.5. The molecule has 0 aromatic heterocycles. The molecule has 0 bridgehead atoms. The first-order valence-corrected chi connectivity index (χ1v) is 7.55. The van der Waals surface area contributed by atoms with E-state index in [-0.39, 0.29) is 5.91 Å². The number of benzene rings is 2. The number of carbonyl (C=O) groups excluding carboxylic acids is 1. The van der Waals surface area contributed by atoms with Crippen LogP contribution in [0.25, 0.3) is 0 Å². The minimum atomic E-state index is -0.0357. The molecule has 0 fully saturated rings. The summed E-state index contributed by atoms with van der Waals surface area (Å²) in [5, 5.41) is 6.34. The molecule has 0 spiro atoms. The van der Waals surface area contributed by atoms with Crippen LogP contribution in [0.2, 0.25) is 0 Å². The Labute approximate surface area is 130 Å². The third kappa shape index (κ3) is 2.91. The van der Waals surface area contributed by atoms with E-state index in [2.05, 4.69) is 10.6 Å². The molecule has 3 rings (SSSR count). The van der Waals surface area contributed by atoms with Gasteiger partial charge in [-0.1, -0.05) is 24.3 Å². The fraction of sp³-hybridized carbons (Fsp3) is 0.278. The predicted octanol–water partition coefficient (Wildman–Crippen LogP) is 2.98. The molecule has 1 amide bonds. The first-order valence-electron chi connectivity index (χ1n) is 7.55. The predicted molar refractivity (Wildman–Crippen MR) is 87.4 cm³/mol. The Morgan fingerprint density at radius 3 is 2.95 bits per heavy atom. The third-order valence-corrected chi connectivity index (χ3v) is 3.97. The quantitative estimate of drug-likeness (QED) is 0.912. The molecule has 1 heterocycles. The van der Waals surface area contributed by atoms with Crippen molar-refractivity contribution in [3.63, 3.8) is 0 Å². The molecule has 1 aliphatic rings. The maximum atomic E-state index is 12.5. The summed E-state index contributed by atoms with van der Waals surface area (Å²) in [5.41, 5.74) is 3.93. The molecule has 0 unspecified atom stereocenters. The lowest BCUT2D eigenvalue weighted by atomic mass is 9.97. The number of amides is 1. The lowest BCUT2D eigenvalue weighted by Crippen LogP contribution is -2.25. The second-order valence-electron chi connectivity index (χ2n) is 5.36. The Bertz CT molecular complexity index is 683. The van der Waals surface area contributed by atoms with Crippen molar-refractivity contribution in [2.45, 2.75) is 19.4 Å². The van der Waals surface area contributed by atoms with Crippen LogP contribution in [0.15, 0.2) is 42.5 Å². The third-order valence-electron chi connectivity index (χ3n) is 3.97. The lowest BCUT2D eigenvalue weighted by molar-refractivity contribution is 0.0949. The van der Waals surface area contributed by atoms with Crippen LogP contribution in [0.1, 0.15) is 27.9 Å². The number of nitrogens with one attached hydrogen (secondary N) is 2. The standard InChI is InChI=1S/C18H20N2O2/c1-22-17-10-3-2-6-13(17)12-20-18(21)15-7-4-9-16-14(15)8-5-11-19-16/h2-4,6-7,9-10,19H,5,8,11-12H2,1H3,(H,20,21). The smallest absolute Gasteiger partial charge is 0.251 e. The molecule has 4 heteroatoms. The zero-order valence-electron chi connectivity index (χ0n) is 12.7. The number of hydrogen-bond acceptors (Lipinski definition) is 3. The van der Waals surface area contributed by atoms with Crippen molar-refractivity contribution in [3.05, 3.63) is 59.2 Å². The van der Waals surface area contributed by atoms with Crippen LogP contribution in [-0.4, -0.2) is 19.6 Å². The Morgan fingerprint density at radius 2 is 2.09 bits per heavy atom. The number of fused-ring (bicyclic) bond motifs is 1. The normalized spacial score (nSPS) is 13.0. The zero-order valence-corrected chi connectivity index (χ0v) is 12.7. The summed E-state index contributed by atoms with van der Waals surface area (Å²) in [7, 11) is 1.64. The maximum Gasteiger partial charge on any atom is 0.251 e. The average molecular weight is 296 g/mol. The Kier molecular flexibility index (Phi) is 4.28. The number of carbonyl (C=O) groups is 1. The Morgan fingerprint density at radius 1 is 1.23 bits per heavy atom. The topological polar surface area (TPSA) is 50.4 Å². The number of ether oxygens (including phenoxy) is 1. The van der Waals surface area contributed by atoms with Crippen LogP contribution in [0.3, 0.4) is 0 Å². The lowest BCUT2D eigenvalue weighted by Gasteiger charge is -2.20. The minimum Gasteiger partial charge on any atom is -0.496 e. The van der Waals surface area contributed by atoms with Gasteiger partial charge in [-0.2, -0.15) is 0 Å². The summed E-state index contributed by atoms with van der Waals surface area (Å²) < 4.78 is 5.31. The Hall–Kier alpha value is -2.49. The highest BCUT2D eigenvalue weighted by Gasteiger charge is 2.17. The van der Waals surface area contributed by atoms with E-state index in [1.165, 1.54) is 0 Å². The van der Waals surface area contributed by atoms with Crippen molar-refractivity contribution in [1.82, 2.24) is 5.32 Å². The number of para-hydroxylation sites is 1. The second kappa shape index (κ2) is 6.52. The van der Waals surface area contributed by atoms with Crippen LogP contribution in [0.5, 0.6) is 5.75 Å². The monoisotopic (exact) mass is 296 g/mol. The fourth-order valence-corrected chi connectivity index (χ4v) is 2.84. The number of hydrogen-bond donors (Lipinski definition) is 2. The van der Waals surface area contributed by atoms with E-state index < -0.39 is 0 Å². The fourth-order valence-electron chi connectivity index (χ4n) is 2.84. The highest BCUT2D eigenvalue weighted by Crippen LogP contribution is 2.25. The molecular formula is C18H20N2O2. The molecule has 2 aromatic rings. The molecule has 2 N–H and O–H groups in total. The van der Waals surface area contributed by atoms with Gasteiger partial charge in [-0.15, -0.1) is 0 Å². The summed E-state index contributed by atoms with van der Waals surface area (Å²) in [6.45, 7) is 1.43. The van der Waals surface area contributed by atoms with Gasteiger partial charge in [0.25, 0.3) is 5.91 Å². The summed E-state index contributed by atoms with van der Waals surface area (Å²) in [5.74, 6) is 0.756. The van der Waals surface area contributed by atoms with Crippen molar-refractivity contribution in [2.24, 2.45) is 0 Å². The van der Waals surface area contributed by atoms with Gasteiger partial charge in [0.05, 0.1) is 7.11 Å². The van der Waals surface area contributed by atoms with Crippen molar-refractivity contribution in [1.29, 1.82) is 0 Å². The van der Waals surface area contributed by atoms with E-state index in [9.17, 15) is 4.79 Å². The average Bonchev–Trinajstić information content (AvgIpc) is 2.59. The van der Waals surface area contributed by atoms with Crippen LogP contribution in [0.4, 0.5) is 5.69 Å². The van der Waals surface area contributed by atoms with Crippen molar-refractivity contribution in [3.8, 4) is 5.75 Å². The molecule has 4 nitrogen and oxygen atoms in total. The number of anilines is 1. The van der Waals surface area contributed by atoms with Gasteiger partial charge in [0.2, 0.25) is 0 Å². The van der Waals surface area contributed by atoms with Crippen molar-refractivity contribution < 1.29 is 9.53 Å². The SMILES string of the molecule is COc1ccccc1CNC(=O)c1cccc2c1CCCN2. The molecule has 22 heavy (non-hydrogen) atoms. The van der Waals surface area contributed by atoms with E-state index in [4.69, 9.17) is 4.74 Å². The van der Waals surface area contributed by atoms with Crippen LogP contribution in [0, 0.1) is 0 Å². The summed E-state index contributed by atoms with van der Waals surface area (Å²) in [6.07, 6.45) is 2.00. The van der Waals surface area contributed by atoms with E-state index in [1.807, 2.05) is 42.5 Å². The van der Waals surface area contributed by atoms with Crippen LogP contribution < -0.4 is 15.4 Å². The number of methoxy groups -OCH3 is 1. The van der Waals surface area contributed by atoms with Gasteiger partial charge in [0, 0.05) is 29.9 Å². The molecular weight excluding hydrogens is 276 g/mol. The largest absolute Gasteiger partial charge is 0.496 e. The van der Waals surface area contributed by atoms with E-state index >= 15 is 0 Å². The van der Waals surface area contributed by atoms with E-state index in [0.717, 1.165) is 47.5 Å². The summed E-state index contributed by atoms with van der Waals surface area (Å²) in [6, 6.07) is 13.6. The van der Waals surface area contributed by atoms with Gasteiger partial charge >= 0.3 is 0 Å². The molecule has 2 aromatic carbocycles. The van der Waals surface area contributed by atoms with Crippen LogP contribution >= 0.6 is 0 Å². The van der Waals surface area contributed by atoms with Gasteiger partial charge in [-0.25, -0.2) is 0 Å². The number of rotatable bonds is 4. The molecule has 0 radical (unpaired) electrons. The minimum absolute atomic E-state index is 0.0357. The first-order chi connectivity index (χ1) is 10.8. The first kappa shape index (κ1) is 14.4. The molecule has 114 valence electrons. The van der Waals surface area contributed by atoms with Gasteiger partial charge in [-0.05, 0) is 36.6 Å². The molecule has 0 aliphatic carbocycles. The summed E-state index contributed by atoms with van der Waals surface area (Å²) in [4.78, 5) is 12.5. The highest BCUT2D eigenvalue weighted by molar-refractivity contribution is 5.97. The zero-order chi connectivity index (χ0) is 15.4. The molecule has 0 atom stereocenters. The summed E-state index contributed by atoms with van der Waals surface area (Å²) >= 11 is 0. The molecule has 1 aliphatic heterocycles. The van der Waals surface area contributed by atoms with Crippen molar-refractivity contribution >= 4 is 11.6 Å². The van der Waals surface area contributed by atoms with Gasteiger partial charge < -0.3 is 15.4 Å². The van der Waals surface area contributed by atoms with Crippen molar-refractivity contribution in [2.75, 3.05) is 19.0 Å². The maximum absolute atomic E-state index is 12.5. The second-order valence-corrected chi connectivity index (χ2v) is 5.36. The van der Waals surface area contributed by atoms with Crippen LogP contribution in [-0.2, 0) is 13.0 Å². The Balaban J connectivity index is 1.75. The van der Waals surface area contributed by atoms with Gasteiger partial charge in [-0.3, -0.25) is 4.79 Å². The van der Waals surface area contributed by atoms with Gasteiger partial charge in [0.1, 0.15) is 5.75 Å².